The Bertz CT molecular complexity index is 1040. The molecule has 8 nitrogen and oxygen atoms in total. The van der Waals surface area contributed by atoms with Crippen LogP contribution in [-0.2, 0) is 6.42 Å². The highest BCUT2D eigenvalue weighted by Gasteiger charge is 2.29. The number of rotatable bonds is 6. The van der Waals surface area contributed by atoms with Crippen molar-refractivity contribution in [2.45, 2.75) is 19.4 Å². The van der Waals surface area contributed by atoms with Crippen LogP contribution in [0.5, 0.6) is 11.5 Å². The minimum Gasteiger partial charge on any atom is -0.497 e. The number of carbonyl (C=O) groups is 1. The number of nitrogens with one attached hydrogen (secondary N) is 1. The number of benzene rings is 2. The van der Waals surface area contributed by atoms with Crippen LogP contribution in [0.15, 0.2) is 48.5 Å². The van der Waals surface area contributed by atoms with Gasteiger partial charge in [-0.3, -0.25) is 0 Å². The quantitative estimate of drug-likeness (QED) is 0.610. The van der Waals surface area contributed by atoms with Gasteiger partial charge in [0.2, 0.25) is 5.13 Å². The van der Waals surface area contributed by atoms with Crippen molar-refractivity contribution in [1.82, 2.24) is 14.3 Å². The van der Waals surface area contributed by atoms with Crippen LogP contribution >= 0.6 is 11.5 Å². The van der Waals surface area contributed by atoms with Crippen LogP contribution in [0.1, 0.15) is 18.3 Å². The molecule has 1 aliphatic rings. The van der Waals surface area contributed by atoms with Gasteiger partial charge in [-0.25, -0.2) is 9.78 Å². The normalized spacial score (nSPS) is 16.0. The predicted octanol–water partition coefficient (Wildman–Crippen LogP) is 3.89. The molecule has 0 saturated carbocycles. The van der Waals surface area contributed by atoms with E-state index in [9.17, 15) is 4.79 Å². The van der Waals surface area contributed by atoms with Crippen molar-refractivity contribution >= 4 is 28.4 Å². The number of nitrogens with zero attached hydrogens (tertiary/aromatic N) is 4. The van der Waals surface area contributed by atoms with Gasteiger partial charge in [-0.05, 0) is 12.5 Å². The van der Waals surface area contributed by atoms with Gasteiger partial charge in [-0.2, -0.15) is 4.37 Å². The molecule has 3 aromatic rings. The van der Waals surface area contributed by atoms with Crippen molar-refractivity contribution in [1.29, 1.82) is 0 Å². The maximum atomic E-state index is 12.9. The van der Waals surface area contributed by atoms with Crippen molar-refractivity contribution in [3.63, 3.8) is 0 Å². The molecule has 2 amide bonds. The van der Waals surface area contributed by atoms with Crippen molar-refractivity contribution in [2.75, 3.05) is 44.1 Å². The number of amides is 2. The number of methoxy groups -OCH3 is 2. The van der Waals surface area contributed by atoms with E-state index in [-0.39, 0.29) is 12.1 Å². The van der Waals surface area contributed by atoms with Gasteiger partial charge in [-0.15, -0.1) is 0 Å². The minimum absolute atomic E-state index is 0.0257. The van der Waals surface area contributed by atoms with Gasteiger partial charge in [-0.1, -0.05) is 30.3 Å². The Morgan fingerprint density at radius 3 is 2.50 bits per heavy atom. The smallest absolute Gasteiger partial charge is 0.322 e. The summed E-state index contributed by atoms with van der Waals surface area (Å²) in [5.74, 6) is 2.08. The minimum atomic E-state index is -0.144. The van der Waals surface area contributed by atoms with E-state index >= 15 is 0 Å². The zero-order valence-electron chi connectivity index (χ0n) is 18.4. The molecule has 1 atom stereocenters. The molecule has 0 bridgehead atoms. The molecule has 9 heteroatoms. The van der Waals surface area contributed by atoms with Gasteiger partial charge in [0.25, 0.3) is 0 Å². The lowest BCUT2D eigenvalue weighted by atomic mass is 10.1. The second-order valence-electron chi connectivity index (χ2n) is 7.68. The number of ether oxygens (including phenoxy) is 2. The third-order valence-electron chi connectivity index (χ3n) is 5.42. The summed E-state index contributed by atoms with van der Waals surface area (Å²) in [5, 5.41) is 3.86. The number of hydrogen-bond donors (Lipinski definition) is 1. The summed E-state index contributed by atoms with van der Waals surface area (Å²) < 4.78 is 15.1. The molecule has 2 aromatic carbocycles. The summed E-state index contributed by atoms with van der Waals surface area (Å²) in [5.41, 5.74) is 1.83. The van der Waals surface area contributed by atoms with Crippen molar-refractivity contribution in [3.05, 3.63) is 59.9 Å². The van der Waals surface area contributed by atoms with Crippen LogP contribution in [0, 0.1) is 0 Å². The summed E-state index contributed by atoms with van der Waals surface area (Å²) in [6.45, 7) is 4.06. The molecule has 1 saturated heterocycles. The Morgan fingerprint density at radius 1 is 1.12 bits per heavy atom. The van der Waals surface area contributed by atoms with E-state index < -0.39 is 0 Å². The summed E-state index contributed by atoms with van der Waals surface area (Å²) >= 11 is 1.42. The first kappa shape index (κ1) is 21.9. The molecule has 1 aliphatic heterocycles. The van der Waals surface area contributed by atoms with Gasteiger partial charge in [0, 0.05) is 67.5 Å². The van der Waals surface area contributed by atoms with E-state index in [0.717, 1.165) is 17.4 Å². The highest BCUT2D eigenvalue weighted by atomic mass is 32.1. The van der Waals surface area contributed by atoms with E-state index in [0.29, 0.717) is 36.8 Å². The van der Waals surface area contributed by atoms with E-state index in [1.54, 1.807) is 32.4 Å². The molecule has 1 aromatic heterocycles. The molecule has 1 unspecified atom stereocenters. The van der Waals surface area contributed by atoms with Crippen LogP contribution in [0.2, 0.25) is 0 Å². The topological polar surface area (TPSA) is 79.8 Å². The number of aromatic nitrogens is 2. The van der Waals surface area contributed by atoms with E-state index in [1.165, 1.54) is 17.1 Å². The first-order valence-corrected chi connectivity index (χ1v) is 11.2. The molecular weight excluding hydrogens is 426 g/mol. The average molecular weight is 454 g/mol. The summed E-state index contributed by atoms with van der Waals surface area (Å²) in [4.78, 5) is 21.7. The number of urea groups is 1. The highest BCUT2D eigenvalue weighted by molar-refractivity contribution is 7.09. The van der Waals surface area contributed by atoms with Crippen molar-refractivity contribution in [2.24, 2.45) is 0 Å². The highest BCUT2D eigenvalue weighted by Crippen LogP contribution is 2.27. The van der Waals surface area contributed by atoms with E-state index in [4.69, 9.17) is 14.5 Å². The van der Waals surface area contributed by atoms with Crippen LogP contribution in [0.4, 0.5) is 15.6 Å². The molecule has 32 heavy (non-hydrogen) atoms. The summed E-state index contributed by atoms with van der Waals surface area (Å²) in [6.07, 6.45) is 0.721. The molecular formula is C23H27N5O3S. The van der Waals surface area contributed by atoms with Gasteiger partial charge in [0.05, 0.1) is 14.2 Å². The molecule has 0 aliphatic carbocycles. The average Bonchev–Trinajstić information content (AvgIpc) is 3.27. The van der Waals surface area contributed by atoms with Crippen LogP contribution in [0.3, 0.4) is 0 Å². The van der Waals surface area contributed by atoms with E-state index in [1.807, 2.05) is 30.0 Å². The fourth-order valence-corrected chi connectivity index (χ4v) is 4.45. The largest absolute Gasteiger partial charge is 0.497 e. The number of piperazine rings is 1. The van der Waals surface area contributed by atoms with Gasteiger partial charge in [0.1, 0.15) is 17.3 Å². The molecule has 1 fully saturated rings. The molecule has 168 valence electrons. The van der Waals surface area contributed by atoms with Crippen LogP contribution in [0.25, 0.3) is 0 Å². The third-order valence-corrected chi connectivity index (χ3v) is 6.24. The standard InChI is InChI=1S/C23H27N5O3S/c1-16-15-27(23-25-21(26-32-23)11-17-7-5-4-6-8-17)9-10-28(16)22(29)24-18-12-19(30-2)14-20(13-18)31-3/h4-8,12-14,16H,9-11,15H2,1-3H3,(H,24,29). The van der Waals surface area contributed by atoms with E-state index in [2.05, 4.69) is 26.7 Å². The monoisotopic (exact) mass is 453 g/mol. The predicted molar refractivity (Wildman–Crippen MR) is 126 cm³/mol. The maximum Gasteiger partial charge on any atom is 0.322 e. The number of anilines is 2. The number of hydrogen-bond acceptors (Lipinski definition) is 7. The Kier molecular flexibility index (Phi) is 6.75. The first-order chi connectivity index (χ1) is 15.6. The van der Waals surface area contributed by atoms with Crippen molar-refractivity contribution in [3.8, 4) is 11.5 Å². The second kappa shape index (κ2) is 9.86. The summed E-state index contributed by atoms with van der Waals surface area (Å²) in [7, 11) is 3.17. The fraction of sp³-hybridized carbons (Fsp3) is 0.348. The molecule has 1 N–H and O–H groups in total. The zero-order chi connectivity index (χ0) is 22.5. The zero-order valence-corrected chi connectivity index (χ0v) is 19.3. The number of carbonyl (C=O) groups excluding carboxylic acids is 1. The van der Waals surface area contributed by atoms with Crippen LogP contribution in [-0.4, -0.2) is 60.2 Å². The van der Waals surface area contributed by atoms with Crippen LogP contribution < -0.4 is 19.7 Å². The Balaban J connectivity index is 1.37. The summed E-state index contributed by atoms with van der Waals surface area (Å²) in [6, 6.07) is 15.4. The molecule has 4 rings (SSSR count). The maximum absolute atomic E-state index is 12.9. The lowest BCUT2D eigenvalue weighted by Crippen LogP contribution is -2.55. The fourth-order valence-electron chi connectivity index (χ4n) is 3.73. The SMILES string of the molecule is COc1cc(NC(=O)N2CCN(c3nc(Cc4ccccc4)ns3)CC2C)cc(OC)c1. The van der Waals surface area contributed by atoms with Gasteiger partial charge >= 0.3 is 6.03 Å². The Hall–Kier alpha value is -3.33. The lowest BCUT2D eigenvalue weighted by molar-refractivity contribution is 0.185. The third kappa shape index (κ3) is 5.11. The lowest BCUT2D eigenvalue weighted by Gasteiger charge is -2.39. The first-order valence-electron chi connectivity index (χ1n) is 10.5. The molecule has 0 radical (unpaired) electrons. The van der Waals surface area contributed by atoms with Crippen molar-refractivity contribution < 1.29 is 14.3 Å². The molecule has 2 heterocycles. The second-order valence-corrected chi connectivity index (χ2v) is 8.41. The van der Waals surface area contributed by atoms with Gasteiger partial charge < -0.3 is 24.6 Å². The molecule has 0 spiro atoms. The Morgan fingerprint density at radius 2 is 1.84 bits per heavy atom. The Labute approximate surface area is 192 Å². The van der Waals surface area contributed by atoms with Gasteiger partial charge in [0.15, 0.2) is 0 Å².